The highest BCUT2D eigenvalue weighted by atomic mass is 16.5. The number of benzene rings is 3. The molecule has 0 aliphatic heterocycles. The summed E-state index contributed by atoms with van der Waals surface area (Å²) in [4.78, 5) is 11.3. The van der Waals surface area contributed by atoms with E-state index in [0.717, 1.165) is 11.1 Å². The summed E-state index contributed by atoms with van der Waals surface area (Å²) in [7, 11) is 0. The molecule has 0 spiro atoms. The number of carboxylic acid groups (broad SMARTS) is 1. The Hall–Kier alpha value is -3.07. The van der Waals surface area contributed by atoms with E-state index in [1.165, 1.54) is 6.07 Å². The highest BCUT2D eigenvalue weighted by molar-refractivity contribution is 5.90. The normalized spacial score (nSPS) is 10.2. The maximum Gasteiger partial charge on any atom is 0.335 e. The molecule has 1 N–H and O–H groups in total. The standard InChI is InChI=1S/C19H14O3/c20-19(21)16-11-15(14-7-3-1-4-8-14)12-18(13-16)22-17-9-5-2-6-10-17/h1-13H,(H,20,21). The van der Waals surface area contributed by atoms with Crippen LogP contribution in [0.2, 0.25) is 0 Å². The summed E-state index contributed by atoms with van der Waals surface area (Å²) in [6.45, 7) is 0. The third kappa shape index (κ3) is 3.15. The second kappa shape index (κ2) is 6.14. The van der Waals surface area contributed by atoms with Crippen molar-refractivity contribution in [1.82, 2.24) is 0 Å². The number of aromatic carboxylic acids is 1. The second-order valence-electron chi connectivity index (χ2n) is 4.83. The van der Waals surface area contributed by atoms with Crippen LogP contribution in [0.5, 0.6) is 11.5 Å². The maximum atomic E-state index is 11.3. The molecule has 0 aromatic heterocycles. The largest absolute Gasteiger partial charge is 0.478 e. The van der Waals surface area contributed by atoms with Crippen LogP contribution in [0.1, 0.15) is 10.4 Å². The van der Waals surface area contributed by atoms with E-state index in [4.69, 9.17) is 4.74 Å². The zero-order valence-electron chi connectivity index (χ0n) is 11.8. The van der Waals surface area contributed by atoms with E-state index in [2.05, 4.69) is 0 Å². The maximum absolute atomic E-state index is 11.3. The van der Waals surface area contributed by atoms with E-state index in [0.29, 0.717) is 11.5 Å². The fourth-order valence-electron chi connectivity index (χ4n) is 2.20. The van der Waals surface area contributed by atoms with Crippen molar-refractivity contribution in [2.75, 3.05) is 0 Å². The first-order valence-electron chi connectivity index (χ1n) is 6.89. The van der Waals surface area contributed by atoms with Crippen LogP contribution in [0.25, 0.3) is 11.1 Å². The lowest BCUT2D eigenvalue weighted by atomic mass is 10.0. The molecule has 3 aromatic rings. The summed E-state index contributed by atoms with van der Waals surface area (Å²) in [5.74, 6) is 0.199. The van der Waals surface area contributed by atoms with Gasteiger partial charge in [0, 0.05) is 0 Å². The summed E-state index contributed by atoms with van der Waals surface area (Å²) < 4.78 is 5.77. The number of carboxylic acids is 1. The van der Waals surface area contributed by atoms with Crippen LogP contribution in [0.4, 0.5) is 0 Å². The van der Waals surface area contributed by atoms with Crippen molar-refractivity contribution >= 4 is 5.97 Å². The van der Waals surface area contributed by atoms with Gasteiger partial charge in [-0.1, -0.05) is 48.5 Å². The van der Waals surface area contributed by atoms with Crippen molar-refractivity contribution < 1.29 is 14.6 Å². The molecule has 22 heavy (non-hydrogen) atoms. The minimum atomic E-state index is -0.976. The third-order valence-electron chi connectivity index (χ3n) is 3.24. The number of hydrogen-bond acceptors (Lipinski definition) is 2. The molecular weight excluding hydrogens is 276 g/mol. The van der Waals surface area contributed by atoms with Crippen molar-refractivity contribution in [3.63, 3.8) is 0 Å². The molecule has 3 rings (SSSR count). The molecule has 0 unspecified atom stereocenters. The molecule has 0 fully saturated rings. The van der Waals surface area contributed by atoms with Crippen LogP contribution in [-0.2, 0) is 0 Å². The topological polar surface area (TPSA) is 46.5 Å². The minimum Gasteiger partial charge on any atom is -0.478 e. The Morgan fingerprint density at radius 1 is 0.727 bits per heavy atom. The predicted octanol–water partition coefficient (Wildman–Crippen LogP) is 4.84. The zero-order chi connectivity index (χ0) is 15.4. The van der Waals surface area contributed by atoms with Crippen LogP contribution in [-0.4, -0.2) is 11.1 Å². The van der Waals surface area contributed by atoms with Crippen LogP contribution in [0.3, 0.4) is 0 Å². The molecule has 0 radical (unpaired) electrons. The Labute approximate surface area is 128 Å². The van der Waals surface area contributed by atoms with Gasteiger partial charge in [-0.2, -0.15) is 0 Å². The number of carbonyl (C=O) groups is 1. The van der Waals surface area contributed by atoms with Gasteiger partial charge in [-0.3, -0.25) is 0 Å². The van der Waals surface area contributed by atoms with Gasteiger partial charge in [0.15, 0.2) is 0 Å². The third-order valence-corrected chi connectivity index (χ3v) is 3.24. The first-order chi connectivity index (χ1) is 10.7. The van der Waals surface area contributed by atoms with Gasteiger partial charge in [-0.05, 0) is 41.5 Å². The van der Waals surface area contributed by atoms with E-state index in [1.807, 2.05) is 66.7 Å². The molecule has 0 amide bonds. The van der Waals surface area contributed by atoms with Crippen molar-refractivity contribution in [3.05, 3.63) is 84.4 Å². The summed E-state index contributed by atoms with van der Waals surface area (Å²) in [6.07, 6.45) is 0. The number of hydrogen-bond donors (Lipinski definition) is 1. The highest BCUT2D eigenvalue weighted by Crippen LogP contribution is 2.29. The quantitative estimate of drug-likeness (QED) is 0.747. The molecule has 0 saturated carbocycles. The Morgan fingerprint density at radius 3 is 2.00 bits per heavy atom. The van der Waals surface area contributed by atoms with E-state index in [-0.39, 0.29) is 5.56 Å². The Kier molecular flexibility index (Phi) is 3.88. The van der Waals surface area contributed by atoms with Crippen molar-refractivity contribution in [2.45, 2.75) is 0 Å². The first-order valence-corrected chi connectivity index (χ1v) is 6.89. The van der Waals surface area contributed by atoms with E-state index in [1.54, 1.807) is 6.07 Å². The van der Waals surface area contributed by atoms with Crippen LogP contribution in [0, 0.1) is 0 Å². The Bertz CT molecular complexity index is 780. The van der Waals surface area contributed by atoms with Crippen molar-refractivity contribution in [2.24, 2.45) is 0 Å². The fourth-order valence-corrected chi connectivity index (χ4v) is 2.20. The lowest BCUT2D eigenvalue weighted by Gasteiger charge is -2.10. The number of ether oxygens (including phenoxy) is 1. The summed E-state index contributed by atoms with van der Waals surface area (Å²) in [5.41, 5.74) is 1.96. The lowest BCUT2D eigenvalue weighted by Crippen LogP contribution is -1.97. The van der Waals surface area contributed by atoms with E-state index in [9.17, 15) is 9.90 Å². The molecular formula is C19H14O3. The van der Waals surface area contributed by atoms with Gasteiger partial charge in [0.25, 0.3) is 0 Å². The summed E-state index contributed by atoms with van der Waals surface area (Å²) >= 11 is 0. The molecule has 108 valence electrons. The predicted molar refractivity (Wildman–Crippen MR) is 85.4 cm³/mol. The number of rotatable bonds is 4. The first kappa shape index (κ1) is 13.9. The van der Waals surface area contributed by atoms with Gasteiger partial charge in [0.05, 0.1) is 5.56 Å². The van der Waals surface area contributed by atoms with E-state index < -0.39 is 5.97 Å². The average Bonchev–Trinajstić information content (AvgIpc) is 2.56. The minimum absolute atomic E-state index is 0.201. The highest BCUT2D eigenvalue weighted by Gasteiger charge is 2.09. The van der Waals surface area contributed by atoms with Crippen molar-refractivity contribution in [1.29, 1.82) is 0 Å². The Morgan fingerprint density at radius 2 is 1.36 bits per heavy atom. The van der Waals surface area contributed by atoms with Gasteiger partial charge < -0.3 is 9.84 Å². The summed E-state index contributed by atoms with van der Waals surface area (Å²) in [5, 5.41) is 9.29. The molecule has 3 nitrogen and oxygen atoms in total. The molecule has 3 heteroatoms. The molecule has 0 aliphatic carbocycles. The molecule has 0 saturated heterocycles. The van der Waals surface area contributed by atoms with Crippen LogP contribution < -0.4 is 4.74 Å². The van der Waals surface area contributed by atoms with Gasteiger partial charge in [0.2, 0.25) is 0 Å². The smallest absolute Gasteiger partial charge is 0.335 e. The molecule has 3 aromatic carbocycles. The average molecular weight is 290 g/mol. The van der Waals surface area contributed by atoms with Crippen LogP contribution >= 0.6 is 0 Å². The van der Waals surface area contributed by atoms with Gasteiger partial charge in [0.1, 0.15) is 11.5 Å². The molecule has 0 atom stereocenters. The molecule has 0 aliphatic rings. The molecule has 0 bridgehead atoms. The van der Waals surface area contributed by atoms with Gasteiger partial charge in [-0.25, -0.2) is 4.79 Å². The molecule has 0 heterocycles. The lowest BCUT2D eigenvalue weighted by molar-refractivity contribution is 0.0696. The second-order valence-corrected chi connectivity index (χ2v) is 4.83. The number of para-hydroxylation sites is 1. The SMILES string of the molecule is O=C(O)c1cc(Oc2ccccc2)cc(-c2ccccc2)c1. The van der Waals surface area contributed by atoms with E-state index >= 15 is 0 Å². The van der Waals surface area contributed by atoms with Crippen molar-refractivity contribution in [3.8, 4) is 22.6 Å². The van der Waals surface area contributed by atoms with Gasteiger partial charge >= 0.3 is 5.97 Å². The monoisotopic (exact) mass is 290 g/mol. The zero-order valence-corrected chi connectivity index (χ0v) is 11.8. The fraction of sp³-hybridized carbons (Fsp3) is 0. The van der Waals surface area contributed by atoms with Crippen LogP contribution in [0.15, 0.2) is 78.9 Å². The summed E-state index contributed by atoms with van der Waals surface area (Å²) in [6, 6.07) is 23.9. The van der Waals surface area contributed by atoms with Gasteiger partial charge in [-0.15, -0.1) is 0 Å². The Balaban J connectivity index is 2.03.